The van der Waals surface area contributed by atoms with Gasteiger partial charge >= 0.3 is 0 Å². The van der Waals surface area contributed by atoms with Crippen LogP contribution in [0.25, 0.3) is 0 Å². The van der Waals surface area contributed by atoms with Gasteiger partial charge in [-0.3, -0.25) is 0 Å². The molecule has 1 aliphatic rings. The molecule has 0 bridgehead atoms. The molecule has 1 N–H and O–H groups in total. The monoisotopic (exact) mass is 296 g/mol. The van der Waals surface area contributed by atoms with Crippen molar-refractivity contribution in [1.29, 1.82) is 5.26 Å². The quantitative estimate of drug-likeness (QED) is 0.924. The first-order valence-corrected chi connectivity index (χ1v) is 7.55. The van der Waals surface area contributed by atoms with Crippen LogP contribution in [-0.2, 0) is 12.0 Å². The summed E-state index contributed by atoms with van der Waals surface area (Å²) in [6, 6.07) is 20.8. The molecule has 0 aromatic heterocycles. The zero-order chi connectivity index (χ0) is 14.7. The Hall–Kier alpha value is -1.82. The van der Waals surface area contributed by atoms with Crippen LogP contribution in [0.3, 0.4) is 0 Å². The summed E-state index contributed by atoms with van der Waals surface area (Å²) in [6.07, 6.45) is 1.72. The molecule has 0 aliphatic heterocycles. The standard InChI is InChI=1S/C18H17ClN2/c19-17-9-5-4-6-14(17)12-21-16-10-18(11-16,13-20)15-7-2-1-3-8-15/h1-9,16,21H,10-12H2. The topological polar surface area (TPSA) is 35.8 Å². The zero-order valence-electron chi connectivity index (χ0n) is 11.7. The largest absolute Gasteiger partial charge is 0.310 e. The van der Waals surface area contributed by atoms with Crippen molar-refractivity contribution in [2.24, 2.45) is 0 Å². The summed E-state index contributed by atoms with van der Waals surface area (Å²) in [4.78, 5) is 0. The van der Waals surface area contributed by atoms with E-state index in [-0.39, 0.29) is 5.41 Å². The lowest BCUT2D eigenvalue weighted by atomic mass is 9.62. The normalized spacial score (nSPS) is 24.1. The van der Waals surface area contributed by atoms with Crippen molar-refractivity contribution in [2.75, 3.05) is 0 Å². The molecular formula is C18H17ClN2. The third-order valence-electron chi connectivity index (χ3n) is 4.27. The fourth-order valence-electron chi connectivity index (χ4n) is 2.97. The number of rotatable bonds is 4. The minimum Gasteiger partial charge on any atom is -0.310 e. The molecule has 3 rings (SSSR count). The molecule has 0 unspecified atom stereocenters. The fraction of sp³-hybridized carbons (Fsp3) is 0.278. The summed E-state index contributed by atoms with van der Waals surface area (Å²) in [6.45, 7) is 0.751. The molecule has 21 heavy (non-hydrogen) atoms. The highest BCUT2D eigenvalue weighted by molar-refractivity contribution is 6.31. The summed E-state index contributed by atoms with van der Waals surface area (Å²) in [5.74, 6) is 0. The molecule has 1 aliphatic carbocycles. The Bertz CT molecular complexity index is 654. The van der Waals surface area contributed by atoms with E-state index in [9.17, 15) is 5.26 Å². The minimum atomic E-state index is -0.320. The van der Waals surface area contributed by atoms with Crippen LogP contribution in [0.5, 0.6) is 0 Å². The Morgan fingerprint density at radius 1 is 1.10 bits per heavy atom. The van der Waals surface area contributed by atoms with Gasteiger partial charge in [-0.2, -0.15) is 5.26 Å². The van der Waals surface area contributed by atoms with Gasteiger partial charge in [0.1, 0.15) is 0 Å². The van der Waals surface area contributed by atoms with Crippen LogP contribution in [0, 0.1) is 11.3 Å². The first-order chi connectivity index (χ1) is 10.2. The highest BCUT2D eigenvalue weighted by Gasteiger charge is 2.45. The lowest BCUT2D eigenvalue weighted by molar-refractivity contribution is 0.225. The first-order valence-electron chi connectivity index (χ1n) is 7.17. The number of benzene rings is 2. The van der Waals surface area contributed by atoms with E-state index < -0.39 is 0 Å². The third-order valence-corrected chi connectivity index (χ3v) is 4.64. The predicted molar refractivity (Wildman–Crippen MR) is 85.0 cm³/mol. The summed E-state index contributed by atoms with van der Waals surface area (Å²) in [5.41, 5.74) is 1.91. The molecule has 1 fully saturated rings. The number of nitrogens with one attached hydrogen (secondary N) is 1. The molecular weight excluding hydrogens is 280 g/mol. The Labute approximate surface area is 130 Å². The molecule has 0 atom stereocenters. The van der Waals surface area contributed by atoms with Crippen molar-refractivity contribution in [2.45, 2.75) is 30.8 Å². The second kappa shape index (κ2) is 5.89. The average Bonchev–Trinajstić information content (AvgIpc) is 2.49. The van der Waals surface area contributed by atoms with Crippen LogP contribution in [-0.4, -0.2) is 6.04 Å². The van der Waals surface area contributed by atoms with Gasteiger partial charge in [-0.1, -0.05) is 60.1 Å². The second-order valence-electron chi connectivity index (χ2n) is 5.64. The number of nitriles is 1. The molecule has 2 nitrogen and oxygen atoms in total. The summed E-state index contributed by atoms with van der Waals surface area (Å²) < 4.78 is 0. The van der Waals surface area contributed by atoms with Gasteiger partial charge in [-0.25, -0.2) is 0 Å². The average molecular weight is 297 g/mol. The number of halogens is 1. The number of nitrogens with zero attached hydrogens (tertiary/aromatic N) is 1. The molecule has 0 radical (unpaired) electrons. The van der Waals surface area contributed by atoms with E-state index in [1.54, 1.807) is 0 Å². The van der Waals surface area contributed by atoms with E-state index in [0.717, 1.165) is 35.5 Å². The Kier molecular flexibility index (Phi) is 3.96. The second-order valence-corrected chi connectivity index (χ2v) is 6.04. The van der Waals surface area contributed by atoms with E-state index in [1.807, 2.05) is 54.6 Å². The number of hydrogen-bond acceptors (Lipinski definition) is 2. The molecule has 3 heteroatoms. The maximum Gasteiger partial charge on any atom is 0.0852 e. The lowest BCUT2D eigenvalue weighted by Crippen LogP contribution is -2.50. The zero-order valence-corrected chi connectivity index (χ0v) is 12.5. The van der Waals surface area contributed by atoms with Crippen molar-refractivity contribution in [3.05, 3.63) is 70.7 Å². The number of hydrogen-bond donors (Lipinski definition) is 1. The van der Waals surface area contributed by atoms with Crippen molar-refractivity contribution >= 4 is 11.6 Å². The Morgan fingerprint density at radius 3 is 2.43 bits per heavy atom. The fourth-order valence-corrected chi connectivity index (χ4v) is 3.17. The van der Waals surface area contributed by atoms with E-state index in [2.05, 4.69) is 11.4 Å². The highest BCUT2D eigenvalue weighted by Crippen LogP contribution is 2.43. The highest BCUT2D eigenvalue weighted by atomic mass is 35.5. The van der Waals surface area contributed by atoms with Crippen molar-refractivity contribution in [3.8, 4) is 6.07 Å². The van der Waals surface area contributed by atoms with Crippen LogP contribution < -0.4 is 5.32 Å². The smallest absolute Gasteiger partial charge is 0.0852 e. The van der Waals surface area contributed by atoms with Crippen molar-refractivity contribution in [1.82, 2.24) is 5.32 Å². The van der Waals surface area contributed by atoms with E-state index in [1.165, 1.54) is 0 Å². The van der Waals surface area contributed by atoms with Gasteiger partial charge in [0.2, 0.25) is 0 Å². The van der Waals surface area contributed by atoms with Crippen LogP contribution in [0.2, 0.25) is 5.02 Å². The maximum atomic E-state index is 9.54. The lowest BCUT2D eigenvalue weighted by Gasteiger charge is -2.43. The first kappa shape index (κ1) is 14.1. The third kappa shape index (κ3) is 2.81. The molecule has 0 amide bonds. The van der Waals surface area contributed by atoms with Crippen molar-refractivity contribution < 1.29 is 0 Å². The van der Waals surface area contributed by atoms with Crippen LogP contribution in [0.1, 0.15) is 24.0 Å². The maximum absolute atomic E-state index is 9.54. The molecule has 106 valence electrons. The summed E-state index contributed by atoms with van der Waals surface area (Å²) in [7, 11) is 0. The summed E-state index contributed by atoms with van der Waals surface area (Å²) in [5, 5.41) is 13.8. The SMILES string of the molecule is N#CC1(c2ccccc2)CC(NCc2ccccc2Cl)C1. The summed E-state index contributed by atoms with van der Waals surface area (Å²) >= 11 is 6.16. The van der Waals surface area contributed by atoms with E-state index >= 15 is 0 Å². The van der Waals surface area contributed by atoms with Gasteiger partial charge in [0.25, 0.3) is 0 Å². The van der Waals surface area contributed by atoms with Gasteiger partial charge in [0, 0.05) is 17.6 Å². The van der Waals surface area contributed by atoms with Gasteiger partial charge in [0.05, 0.1) is 11.5 Å². The molecule has 0 saturated heterocycles. The molecule has 1 saturated carbocycles. The van der Waals surface area contributed by atoms with Crippen LogP contribution in [0.4, 0.5) is 0 Å². The molecule has 2 aromatic rings. The minimum absolute atomic E-state index is 0.320. The van der Waals surface area contributed by atoms with Crippen molar-refractivity contribution in [3.63, 3.8) is 0 Å². The van der Waals surface area contributed by atoms with Crippen LogP contribution >= 0.6 is 11.6 Å². The molecule has 0 spiro atoms. The van der Waals surface area contributed by atoms with Gasteiger partial charge in [0.15, 0.2) is 0 Å². The van der Waals surface area contributed by atoms with Gasteiger partial charge in [-0.15, -0.1) is 0 Å². The molecule has 2 aromatic carbocycles. The predicted octanol–water partition coefficient (Wildman–Crippen LogP) is 4.05. The Morgan fingerprint density at radius 2 is 1.76 bits per heavy atom. The van der Waals surface area contributed by atoms with Gasteiger partial charge in [-0.05, 0) is 30.0 Å². The van der Waals surface area contributed by atoms with Crippen LogP contribution in [0.15, 0.2) is 54.6 Å². The Balaban J connectivity index is 1.61. The van der Waals surface area contributed by atoms with Gasteiger partial charge < -0.3 is 5.32 Å². The molecule has 0 heterocycles. The van der Waals surface area contributed by atoms with E-state index in [0.29, 0.717) is 6.04 Å². The van der Waals surface area contributed by atoms with E-state index in [4.69, 9.17) is 11.6 Å².